The number of hydrogen-bond donors (Lipinski definition) is 2. The number of methoxy groups -OCH3 is 1. The van der Waals surface area contributed by atoms with Crippen LogP contribution in [0.25, 0.3) is 0 Å². The van der Waals surface area contributed by atoms with Gasteiger partial charge in [0.2, 0.25) is 0 Å². The van der Waals surface area contributed by atoms with Gasteiger partial charge in [-0.05, 0) is 48.2 Å². The van der Waals surface area contributed by atoms with Crippen LogP contribution in [0.2, 0.25) is 0 Å². The Kier molecular flexibility index (Phi) is 7.10. The van der Waals surface area contributed by atoms with Crippen LogP contribution in [-0.2, 0) is 12.8 Å². The first-order valence-electron chi connectivity index (χ1n) is 9.35. The summed E-state index contributed by atoms with van der Waals surface area (Å²) in [6.45, 7) is 1.10. The fourth-order valence-corrected chi connectivity index (χ4v) is 2.80. The molecule has 0 aliphatic rings. The van der Waals surface area contributed by atoms with Gasteiger partial charge in [0.05, 0.1) is 7.11 Å². The zero-order chi connectivity index (χ0) is 20.5. The number of nitrogens with zero attached hydrogens (tertiary/aromatic N) is 2. The van der Waals surface area contributed by atoms with E-state index in [9.17, 15) is 9.18 Å². The maximum atomic E-state index is 12.9. The maximum Gasteiger partial charge on any atom is 0.270 e. The monoisotopic (exact) mass is 394 g/mol. The van der Waals surface area contributed by atoms with Crippen molar-refractivity contribution >= 4 is 11.7 Å². The molecule has 0 radical (unpaired) electrons. The standard InChI is InChI=1S/C22H23FN4O2/c1-29-19-4-2-3-17(13-19)10-11-24-21-14-20(26-15-27-21)22(28)25-12-9-16-5-7-18(23)8-6-16/h2-8,13-15H,9-12H2,1H3,(H,25,28)(H,24,26,27). The van der Waals surface area contributed by atoms with Gasteiger partial charge in [0.25, 0.3) is 5.91 Å². The highest BCUT2D eigenvalue weighted by Crippen LogP contribution is 2.13. The Morgan fingerprint density at radius 1 is 1.00 bits per heavy atom. The van der Waals surface area contributed by atoms with Gasteiger partial charge in [-0.3, -0.25) is 4.79 Å². The zero-order valence-corrected chi connectivity index (χ0v) is 16.2. The number of anilines is 1. The minimum atomic E-state index is -0.273. The Morgan fingerprint density at radius 3 is 2.59 bits per heavy atom. The number of carbonyl (C=O) groups excluding carboxylic acids is 1. The Hall–Kier alpha value is -3.48. The summed E-state index contributed by atoms with van der Waals surface area (Å²) < 4.78 is 18.1. The highest BCUT2D eigenvalue weighted by atomic mass is 19.1. The number of carbonyl (C=O) groups is 1. The smallest absolute Gasteiger partial charge is 0.270 e. The van der Waals surface area contributed by atoms with E-state index in [0.717, 1.165) is 23.3 Å². The van der Waals surface area contributed by atoms with Crippen molar-refractivity contribution in [3.63, 3.8) is 0 Å². The molecule has 0 aliphatic carbocycles. The van der Waals surface area contributed by atoms with Crippen molar-refractivity contribution in [2.45, 2.75) is 12.8 Å². The van der Waals surface area contributed by atoms with E-state index in [1.807, 2.05) is 24.3 Å². The van der Waals surface area contributed by atoms with E-state index in [-0.39, 0.29) is 11.7 Å². The van der Waals surface area contributed by atoms with Crippen molar-refractivity contribution in [1.29, 1.82) is 0 Å². The zero-order valence-electron chi connectivity index (χ0n) is 16.2. The van der Waals surface area contributed by atoms with Crippen LogP contribution in [0, 0.1) is 5.82 Å². The lowest BCUT2D eigenvalue weighted by Crippen LogP contribution is -2.26. The van der Waals surface area contributed by atoms with Crippen molar-refractivity contribution < 1.29 is 13.9 Å². The molecule has 7 heteroatoms. The molecule has 1 amide bonds. The van der Waals surface area contributed by atoms with Gasteiger partial charge in [0, 0.05) is 19.2 Å². The average molecular weight is 394 g/mol. The summed E-state index contributed by atoms with van der Waals surface area (Å²) in [6.07, 6.45) is 2.77. The van der Waals surface area contributed by atoms with Gasteiger partial charge in [0.1, 0.15) is 29.4 Å². The van der Waals surface area contributed by atoms with Crippen LogP contribution in [0.3, 0.4) is 0 Å². The molecule has 3 aromatic rings. The molecule has 0 aliphatic heterocycles. The molecule has 0 unspecified atom stereocenters. The van der Waals surface area contributed by atoms with Gasteiger partial charge in [-0.2, -0.15) is 0 Å². The number of rotatable bonds is 9. The number of ether oxygens (including phenoxy) is 1. The fourth-order valence-electron chi connectivity index (χ4n) is 2.80. The largest absolute Gasteiger partial charge is 0.497 e. The quantitative estimate of drug-likeness (QED) is 0.583. The molecular weight excluding hydrogens is 371 g/mol. The third-order valence-electron chi connectivity index (χ3n) is 4.37. The van der Waals surface area contributed by atoms with E-state index in [1.54, 1.807) is 25.3 Å². The van der Waals surface area contributed by atoms with Crippen LogP contribution >= 0.6 is 0 Å². The summed E-state index contributed by atoms with van der Waals surface area (Å²) in [7, 11) is 1.64. The molecule has 2 N–H and O–H groups in total. The van der Waals surface area contributed by atoms with E-state index in [1.165, 1.54) is 18.5 Å². The Balaban J connectivity index is 1.47. The van der Waals surface area contributed by atoms with Crippen LogP contribution in [0.1, 0.15) is 21.6 Å². The fraction of sp³-hybridized carbons (Fsp3) is 0.227. The van der Waals surface area contributed by atoms with Crippen molar-refractivity contribution in [1.82, 2.24) is 15.3 Å². The van der Waals surface area contributed by atoms with Crippen molar-refractivity contribution in [2.75, 3.05) is 25.5 Å². The van der Waals surface area contributed by atoms with Crippen LogP contribution in [0.4, 0.5) is 10.2 Å². The topological polar surface area (TPSA) is 76.1 Å². The molecule has 0 saturated carbocycles. The molecule has 0 bridgehead atoms. The first-order chi connectivity index (χ1) is 14.1. The van der Waals surface area contributed by atoms with Crippen molar-refractivity contribution in [3.8, 4) is 5.75 Å². The van der Waals surface area contributed by atoms with Gasteiger partial charge in [-0.1, -0.05) is 24.3 Å². The number of halogens is 1. The molecule has 29 heavy (non-hydrogen) atoms. The summed E-state index contributed by atoms with van der Waals surface area (Å²) in [6, 6.07) is 15.7. The molecule has 1 aromatic heterocycles. The second-order valence-electron chi connectivity index (χ2n) is 6.45. The molecule has 0 saturated heterocycles. The summed E-state index contributed by atoms with van der Waals surface area (Å²) in [5, 5.41) is 6.02. The molecule has 2 aromatic carbocycles. The van der Waals surface area contributed by atoms with Gasteiger partial charge < -0.3 is 15.4 Å². The molecule has 0 atom stereocenters. The highest BCUT2D eigenvalue weighted by Gasteiger charge is 2.08. The van der Waals surface area contributed by atoms with E-state index >= 15 is 0 Å². The third kappa shape index (κ3) is 6.27. The highest BCUT2D eigenvalue weighted by molar-refractivity contribution is 5.92. The minimum absolute atomic E-state index is 0.273. The minimum Gasteiger partial charge on any atom is -0.497 e. The van der Waals surface area contributed by atoms with Gasteiger partial charge >= 0.3 is 0 Å². The molecule has 6 nitrogen and oxygen atoms in total. The normalized spacial score (nSPS) is 10.4. The van der Waals surface area contributed by atoms with E-state index in [2.05, 4.69) is 20.6 Å². The molecule has 0 spiro atoms. The lowest BCUT2D eigenvalue weighted by atomic mass is 10.1. The Bertz CT molecular complexity index is 948. The van der Waals surface area contributed by atoms with Crippen molar-refractivity contribution in [3.05, 3.63) is 83.6 Å². The average Bonchev–Trinajstić information content (AvgIpc) is 2.75. The molecule has 0 fully saturated rings. The van der Waals surface area contributed by atoms with E-state index < -0.39 is 0 Å². The Labute approximate surface area is 169 Å². The number of nitrogens with one attached hydrogen (secondary N) is 2. The molecule has 1 heterocycles. The maximum absolute atomic E-state index is 12.9. The SMILES string of the molecule is COc1cccc(CCNc2cc(C(=O)NCCc3ccc(F)cc3)ncn2)c1. The van der Waals surface area contributed by atoms with Crippen LogP contribution in [0.5, 0.6) is 5.75 Å². The first-order valence-corrected chi connectivity index (χ1v) is 9.35. The molecule has 3 rings (SSSR count). The lowest BCUT2D eigenvalue weighted by Gasteiger charge is -2.08. The summed E-state index contributed by atoms with van der Waals surface area (Å²) in [5.74, 6) is 0.867. The van der Waals surface area contributed by atoms with E-state index in [4.69, 9.17) is 4.74 Å². The number of hydrogen-bond acceptors (Lipinski definition) is 5. The summed E-state index contributed by atoms with van der Waals surface area (Å²) in [5.41, 5.74) is 2.39. The van der Waals surface area contributed by atoms with Gasteiger partial charge in [-0.25, -0.2) is 14.4 Å². The van der Waals surface area contributed by atoms with Gasteiger partial charge in [0.15, 0.2) is 0 Å². The second kappa shape index (κ2) is 10.2. The summed E-state index contributed by atoms with van der Waals surface area (Å²) >= 11 is 0. The molecular formula is C22H23FN4O2. The number of amides is 1. The summed E-state index contributed by atoms with van der Waals surface area (Å²) in [4.78, 5) is 20.5. The molecule has 150 valence electrons. The van der Waals surface area contributed by atoms with Gasteiger partial charge in [-0.15, -0.1) is 0 Å². The number of aromatic nitrogens is 2. The second-order valence-corrected chi connectivity index (χ2v) is 6.45. The van der Waals surface area contributed by atoms with E-state index in [0.29, 0.717) is 31.0 Å². The predicted octanol–water partition coefficient (Wildman–Crippen LogP) is 3.25. The van der Waals surface area contributed by atoms with Crippen molar-refractivity contribution in [2.24, 2.45) is 0 Å². The van der Waals surface area contributed by atoms with Crippen LogP contribution in [0.15, 0.2) is 60.9 Å². The first kappa shape index (κ1) is 20.3. The van der Waals surface area contributed by atoms with Crippen LogP contribution < -0.4 is 15.4 Å². The number of benzene rings is 2. The third-order valence-corrected chi connectivity index (χ3v) is 4.37. The lowest BCUT2D eigenvalue weighted by molar-refractivity contribution is 0.0949. The predicted molar refractivity (Wildman–Crippen MR) is 110 cm³/mol. The Morgan fingerprint density at radius 2 is 1.79 bits per heavy atom. The van der Waals surface area contributed by atoms with Crippen LogP contribution in [-0.4, -0.2) is 36.1 Å².